The summed E-state index contributed by atoms with van der Waals surface area (Å²) >= 11 is 3.23. The molecule has 0 aromatic heterocycles. The molecule has 0 aromatic rings. The summed E-state index contributed by atoms with van der Waals surface area (Å²) in [6.45, 7) is 1.30. The van der Waals surface area contributed by atoms with Crippen LogP contribution in [0, 0.1) is 0 Å². The van der Waals surface area contributed by atoms with E-state index in [0.29, 0.717) is 26.1 Å². The molecule has 1 rings (SSSR count). The summed E-state index contributed by atoms with van der Waals surface area (Å²) in [5.74, 6) is -0.252. The van der Waals surface area contributed by atoms with Crippen molar-refractivity contribution in [3.63, 3.8) is 0 Å². The Balaban J connectivity index is 2.13. The van der Waals surface area contributed by atoms with Crippen LogP contribution in [0.1, 0.15) is 12.8 Å². The van der Waals surface area contributed by atoms with Crippen LogP contribution in [0.5, 0.6) is 0 Å². The van der Waals surface area contributed by atoms with Crippen molar-refractivity contribution in [1.82, 2.24) is 0 Å². The monoisotopic (exact) mass is 252 g/mol. The minimum absolute atomic E-state index is 0.148. The highest BCUT2D eigenvalue weighted by molar-refractivity contribution is 9.10. The van der Waals surface area contributed by atoms with E-state index in [2.05, 4.69) is 20.7 Å². The molecule has 0 aliphatic carbocycles. The van der Waals surface area contributed by atoms with Gasteiger partial charge in [0.25, 0.3) is 0 Å². The quantitative estimate of drug-likeness (QED) is 0.555. The molecule has 1 atom stereocenters. The van der Waals surface area contributed by atoms with Gasteiger partial charge in [-0.05, 0) is 12.8 Å². The van der Waals surface area contributed by atoms with E-state index < -0.39 is 0 Å². The normalized spacial score (nSPS) is 20.2. The molecule has 76 valence electrons. The molecule has 4 nitrogen and oxygen atoms in total. The van der Waals surface area contributed by atoms with Crippen LogP contribution in [0.3, 0.4) is 0 Å². The maximum Gasteiger partial charge on any atom is 0.319 e. The number of ether oxygens (including phenoxy) is 3. The van der Waals surface area contributed by atoms with Crippen molar-refractivity contribution in [2.24, 2.45) is 0 Å². The van der Waals surface area contributed by atoms with Gasteiger partial charge in [0, 0.05) is 0 Å². The third kappa shape index (κ3) is 3.62. The Morgan fingerprint density at radius 1 is 1.62 bits per heavy atom. The second-order valence-electron chi connectivity index (χ2n) is 2.74. The number of carbonyl (C=O) groups excluding carboxylic acids is 1. The maximum atomic E-state index is 11.0. The number of rotatable bonds is 4. The fourth-order valence-corrected chi connectivity index (χ4v) is 1.55. The van der Waals surface area contributed by atoms with Crippen molar-refractivity contribution >= 4 is 21.9 Å². The molecular weight excluding hydrogens is 240 g/mol. The maximum absolute atomic E-state index is 11.0. The van der Waals surface area contributed by atoms with E-state index in [-0.39, 0.29) is 17.1 Å². The topological polar surface area (TPSA) is 44.8 Å². The molecule has 1 fully saturated rings. The van der Waals surface area contributed by atoms with Crippen LogP contribution in [0.2, 0.25) is 0 Å². The van der Waals surface area contributed by atoms with Crippen LogP contribution >= 0.6 is 15.9 Å². The van der Waals surface area contributed by atoms with Crippen molar-refractivity contribution in [1.29, 1.82) is 0 Å². The van der Waals surface area contributed by atoms with Gasteiger partial charge in [-0.3, -0.25) is 4.79 Å². The fourth-order valence-electron chi connectivity index (χ4n) is 1.10. The smallest absolute Gasteiger partial charge is 0.319 e. The van der Waals surface area contributed by atoms with Crippen LogP contribution in [0.15, 0.2) is 0 Å². The molecule has 1 aliphatic heterocycles. The lowest BCUT2D eigenvalue weighted by Gasteiger charge is -2.10. The Morgan fingerprint density at radius 3 is 2.77 bits per heavy atom. The molecule has 0 spiro atoms. The summed E-state index contributed by atoms with van der Waals surface area (Å²) in [5, 5.41) is 0. The van der Waals surface area contributed by atoms with Crippen LogP contribution < -0.4 is 0 Å². The van der Waals surface area contributed by atoms with Crippen molar-refractivity contribution in [3.8, 4) is 0 Å². The third-order valence-corrected chi connectivity index (χ3v) is 2.64. The van der Waals surface area contributed by atoms with Crippen molar-refractivity contribution < 1.29 is 19.0 Å². The first-order valence-electron chi connectivity index (χ1n) is 4.19. The van der Waals surface area contributed by atoms with Gasteiger partial charge >= 0.3 is 5.97 Å². The molecule has 1 aliphatic rings. The average molecular weight is 253 g/mol. The zero-order valence-electron chi connectivity index (χ0n) is 7.49. The lowest BCUT2D eigenvalue weighted by molar-refractivity contribution is -0.140. The number of alkyl halides is 1. The first-order chi connectivity index (χ1) is 6.24. The molecular formula is C8H13BrO4. The standard InChI is InChI=1S/C8H13BrO4/c1-11-8(10)6(9)2-3-7-12-4-5-13-7/h6-7H,2-5H2,1H3. The lowest BCUT2D eigenvalue weighted by atomic mass is 10.2. The molecule has 0 N–H and O–H groups in total. The Labute approximate surface area is 85.7 Å². The predicted molar refractivity (Wildman–Crippen MR) is 49.7 cm³/mol. The number of esters is 1. The van der Waals surface area contributed by atoms with Gasteiger partial charge in [0.1, 0.15) is 4.83 Å². The summed E-state index contributed by atoms with van der Waals surface area (Å²) in [6.07, 6.45) is 1.23. The molecule has 1 saturated heterocycles. The fraction of sp³-hybridized carbons (Fsp3) is 0.875. The van der Waals surface area contributed by atoms with Gasteiger partial charge in [-0.15, -0.1) is 0 Å². The van der Waals surface area contributed by atoms with Gasteiger partial charge in [0.15, 0.2) is 6.29 Å². The second-order valence-corrected chi connectivity index (χ2v) is 3.84. The van der Waals surface area contributed by atoms with E-state index in [1.165, 1.54) is 7.11 Å². The van der Waals surface area contributed by atoms with E-state index in [4.69, 9.17) is 9.47 Å². The van der Waals surface area contributed by atoms with Gasteiger partial charge in [0.2, 0.25) is 0 Å². The highest BCUT2D eigenvalue weighted by Gasteiger charge is 2.20. The zero-order chi connectivity index (χ0) is 9.68. The lowest BCUT2D eigenvalue weighted by Crippen LogP contribution is -2.18. The first kappa shape index (κ1) is 10.9. The predicted octanol–water partition coefficient (Wildman–Crippen LogP) is 1.08. The average Bonchev–Trinajstić information content (AvgIpc) is 2.65. The molecule has 0 saturated carbocycles. The Bertz CT molecular complexity index is 168. The van der Waals surface area contributed by atoms with Gasteiger partial charge in [-0.25, -0.2) is 0 Å². The SMILES string of the molecule is COC(=O)C(Br)CCC1OCCO1. The zero-order valence-corrected chi connectivity index (χ0v) is 9.08. The van der Waals surface area contributed by atoms with Crippen molar-refractivity contribution in [2.45, 2.75) is 24.0 Å². The number of carbonyl (C=O) groups is 1. The number of hydrogen-bond donors (Lipinski definition) is 0. The molecule has 5 heteroatoms. The van der Waals surface area contributed by atoms with E-state index in [0.717, 1.165) is 0 Å². The Hall–Kier alpha value is -0.130. The Morgan fingerprint density at radius 2 is 2.23 bits per heavy atom. The van der Waals surface area contributed by atoms with Crippen LogP contribution in [0.25, 0.3) is 0 Å². The van der Waals surface area contributed by atoms with Gasteiger partial charge in [-0.1, -0.05) is 15.9 Å². The third-order valence-electron chi connectivity index (χ3n) is 1.80. The molecule has 0 radical (unpaired) electrons. The number of hydrogen-bond acceptors (Lipinski definition) is 4. The molecule has 1 heterocycles. The largest absolute Gasteiger partial charge is 0.468 e. The van der Waals surface area contributed by atoms with E-state index in [9.17, 15) is 4.79 Å². The number of halogens is 1. The Kier molecular flexibility index (Phi) is 4.69. The van der Waals surface area contributed by atoms with E-state index >= 15 is 0 Å². The van der Waals surface area contributed by atoms with Crippen LogP contribution in [-0.4, -0.2) is 37.4 Å². The van der Waals surface area contributed by atoms with Gasteiger partial charge in [0.05, 0.1) is 20.3 Å². The molecule has 0 bridgehead atoms. The summed E-state index contributed by atoms with van der Waals surface area (Å²) in [7, 11) is 1.37. The van der Waals surface area contributed by atoms with E-state index in [1.807, 2.05) is 0 Å². The first-order valence-corrected chi connectivity index (χ1v) is 5.10. The van der Waals surface area contributed by atoms with Crippen LogP contribution in [-0.2, 0) is 19.0 Å². The van der Waals surface area contributed by atoms with Gasteiger partial charge in [-0.2, -0.15) is 0 Å². The number of methoxy groups -OCH3 is 1. The van der Waals surface area contributed by atoms with Gasteiger partial charge < -0.3 is 14.2 Å². The second kappa shape index (κ2) is 5.57. The molecule has 13 heavy (non-hydrogen) atoms. The minimum Gasteiger partial charge on any atom is -0.468 e. The van der Waals surface area contributed by atoms with E-state index in [1.54, 1.807) is 0 Å². The highest BCUT2D eigenvalue weighted by atomic mass is 79.9. The van der Waals surface area contributed by atoms with Crippen molar-refractivity contribution in [3.05, 3.63) is 0 Å². The molecule has 0 aromatic carbocycles. The van der Waals surface area contributed by atoms with Crippen molar-refractivity contribution in [2.75, 3.05) is 20.3 Å². The molecule has 0 amide bonds. The molecule has 1 unspecified atom stereocenters. The van der Waals surface area contributed by atoms with Crippen LogP contribution in [0.4, 0.5) is 0 Å². The minimum atomic E-state index is -0.259. The summed E-state index contributed by atoms with van der Waals surface area (Å²) < 4.78 is 15.0. The summed E-state index contributed by atoms with van der Waals surface area (Å²) in [5.41, 5.74) is 0. The summed E-state index contributed by atoms with van der Waals surface area (Å²) in [6, 6.07) is 0. The highest BCUT2D eigenvalue weighted by Crippen LogP contribution is 2.16. The summed E-state index contributed by atoms with van der Waals surface area (Å²) in [4.78, 5) is 10.7.